The Hall–Kier alpha value is -1.75. The maximum atomic E-state index is 12.7. The third-order valence-electron chi connectivity index (χ3n) is 4.18. The monoisotopic (exact) mass is 408 g/mol. The lowest BCUT2D eigenvalue weighted by Gasteiger charge is -2.23. The van der Waals surface area contributed by atoms with E-state index >= 15 is 0 Å². The van der Waals surface area contributed by atoms with Gasteiger partial charge in [-0.15, -0.1) is 0 Å². The number of hydrogen-bond acceptors (Lipinski definition) is 3. The summed E-state index contributed by atoms with van der Waals surface area (Å²) in [6.45, 7) is 3.17. The summed E-state index contributed by atoms with van der Waals surface area (Å²) in [6.07, 6.45) is 2.56. The normalized spacial score (nSPS) is 11.9. The van der Waals surface area contributed by atoms with Crippen molar-refractivity contribution in [2.75, 3.05) is 6.61 Å². The third kappa shape index (κ3) is 7.79. The minimum absolute atomic E-state index is 0.137. The quantitative estimate of drug-likeness (QED) is 0.582. The summed E-state index contributed by atoms with van der Waals surface area (Å²) in [5.74, 6) is 0. The van der Waals surface area contributed by atoms with Gasteiger partial charge < -0.3 is 10.5 Å². The standard InChI is InChI=1S/C21H26Cl2N2O2/c1-2-3-4-20(24)15-27-21(26)25(13-16-5-9-18(22)10-6-16)14-17-7-11-19(23)12-8-17/h5-12,20H,2-4,13-15,24H2,1H3. The fourth-order valence-electron chi connectivity index (χ4n) is 2.62. The Morgan fingerprint density at radius 2 is 1.48 bits per heavy atom. The number of halogens is 2. The average Bonchev–Trinajstić information content (AvgIpc) is 2.67. The van der Waals surface area contributed by atoms with Crippen molar-refractivity contribution in [3.05, 3.63) is 69.7 Å². The molecule has 2 rings (SSSR count). The van der Waals surface area contributed by atoms with Gasteiger partial charge >= 0.3 is 6.09 Å². The van der Waals surface area contributed by atoms with Crippen LogP contribution in [0.3, 0.4) is 0 Å². The fourth-order valence-corrected chi connectivity index (χ4v) is 2.88. The summed E-state index contributed by atoms with van der Waals surface area (Å²) in [5, 5.41) is 1.32. The van der Waals surface area contributed by atoms with Gasteiger partial charge in [0, 0.05) is 29.2 Å². The van der Waals surface area contributed by atoms with Crippen LogP contribution in [0.15, 0.2) is 48.5 Å². The van der Waals surface area contributed by atoms with E-state index in [-0.39, 0.29) is 18.7 Å². The summed E-state index contributed by atoms with van der Waals surface area (Å²) in [7, 11) is 0. The molecule has 0 saturated carbocycles. The van der Waals surface area contributed by atoms with Crippen LogP contribution < -0.4 is 5.73 Å². The van der Waals surface area contributed by atoms with Crippen LogP contribution in [-0.4, -0.2) is 23.6 Å². The molecule has 0 fully saturated rings. The van der Waals surface area contributed by atoms with Crippen LogP contribution in [0.1, 0.15) is 37.3 Å². The van der Waals surface area contributed by atoms with Crippen LogP contribution >= 0.6 is 23.2 Å². The molecule has 0 aliphatic heterocycles. The number of carbonyl (C=O) groups is 1. The van der Waals surface area contributed by atoms with E-state index in [1.807, 2.05) is 48.5 Å². The topological polar surface area (TPSA) is 55.6 Å². The molecule has 0 aliphatic rings. The van der Waals surface area contributed by atoms with Gasteiger partial charge in [0.2, 0.25) is 0 Å². The molecule has 0 aliphatic carbocycles. The van der Waals surface area contributed by atoms with E-state index in [1.165, 1.54) is 0 Å². The second-order valence-electron chi connectivity index (χ2n) is 6.59. The van der Waals surface area contributed by atoms with Gasteiger partial charge in [-0.25, -0.2) is 4.79 Å². The molecule has 2 N–H and O–H groups in total. The van der Waals surface area contributed by atoms with Crippen molar-refractivity contribution in [1.29, 1.82) is 0 Å². The zero-order valence-electron chi connectivity index (χ0n) is 15.5. The number of ether oxygens (including phenoxy) is 1. The summed E-state index contributed by atoms with van der Waals surface area (Å²) >= 11 is 11.9. The first kappa shape index (κ1) is 21.5. The first-order chi connectivity index (χ1) is 13.0. The van der Waals surface area contributed by atoms with Crippen LogP contribution in [-0.2, 0) is 17.8 Å². The second-order valence-corrected chi connectivity index (χ2v) is 7.46. The molecule has 2 aromatic carbocycles. The molecule has 0 radical (unpaired) electrons. The van der Waals surface area contributed by atoms with Crippen molar-refractivity contribution in [3.8, 4) is 0 Å². The first-order valence-corrected chi connectivity index (χ1v) is 9.89. The Morgan fingerprint density at radius 3 is 1.93 bits per heavy atom. The van der Waals surface area contributed by atoms with Gasteiger partial charge in [0.1, 0.15) is 6.61 Å². The Labute approximate surface area is 171 Å². The van der Waals surface area contributed by atoms with E-state index in [0.29, 0.717) is 23.1 Å². The van der Waals surface area contributed by atoms with Crippen LogP contribution in [0, 0.1) is 0 Å². The number of rotatable bonds is 9. The molecule has 1 amide bonds. The molecule has 146 valence electrons. The number of hydrogen-bond donors (Lipinski definition) is 1. The molecule has 1 unspecified atom stereocenters. The lowest BCUT2D eigenvalue weighted by Crippen LogP contribution is -2.35. The van der Waals surface area contributed by atoms with Crippen molar-refractivity contribution in [1.82, 2.24) is 4.90 Å². The lowest BCUT2D eigenvalue weighted by atomic mass is 10.1. The van der Waals surface area contributed by atoms with E-state index in [4.69, 9.17) is 33.7 Å². The highest BCUT2D eigenvalue weighted by molar-refractivity contribution is 6.30. The fraction of sp³-hybridized carbons (Fsp3) is 0.381. The largest absolute Gasteiger partial charge is 0.448 e. The molecule has 0 spiro atoms. The van der Waals surface area contributed by atoms with Gasteiger partial charge in [0.15, 0.2) is 0 Å². The summed E-state index contributed by atoms with van der Waals surface area (Å²) in [6, 6.07) is 14.7. The zero-order valence-corrected chi connectivity index (χ0v) is 17.0. The Bertz CT molecular complexity index is 658. The van der Waals surface area contributed by atoms with Crippen molar-refractivity contribution in [2.45, 2.75) is 45.3 Å². The highest BCUT2D eigenvalue weighted by Crippen LogP contribution is 2.16. The van der Waals surface area contributed by atoms with Crippen LogP contribution in [0.2, 0.25) is 10.0 Å². The van der Waals surface area contributed by atoms with E-state index < -0.39 is 0 Å². The number of nitrogens with two attached hydrogens (primary N) is 1. The zero-order chi connectivity index (χ0) is 19.6. The molecule has 27 heavy (non-hydrogen) atoms. The van der Waals surface area contributed by atoms with Gasteiger partial charge in [-0.05, 0) is 41.8 Å². The van der Waals surface area contributed by atoms with Crippen molar-refractivity contribution < 1.29 is 9.53 Å². The molecule has 1 atom stereocenters. The number of benzene rings is 2. The molecule has 0 bridgehead atoms. The smallest absolute Gasteiger partial charge is 0.410 e. The number of nitrogens with zero attached hydrogens (tertiary/aromatic N) is 1. The second kappa shape index (κ2) is 11.2. The van der Waals surface area contributed by atoms with Crippen LogP contribution in [0.5, 0.6) is 0 Å². The maximum Gasteiger partial charge on any atom is 0.410 e. The average molecular weight is 409 g/mol. The van der Waals surface area contributed by atoms with Crippen LogP contribution in [0.25, 0.3) is 0 Å². The minimum Gasteiger partial charge on any atom is -0.448 e. The predicted octanol–water partition coefficient (Wildman–Crippen LogP) is 5.65. The Balaban J connectivity index is 2.04. The summed E-state index contributed by atoms with van der Waals surface area (Å²) < 4.78 is 5.46. The highest BCUT2D eigenvalue weighted by Gasteiger charge is 2.17. The first-order valence-electron chi connectivity index (χ1n) is 9.14. The van der Waals surface area contributed by atoms with Crippen molar-refractivity contribution in [2.24, 2.45) is 5.73 Å². The Morgan fingerprint density at radius 1 is 1.00 bits per heavy atom. The molecule has 6 heteroatoms. The lowest BCUT2D eigenvalue weighted by molar-refractivity contribution is 0.0907. The van der Waals surface area contributed by atoms with Gasteiger partial charge in [0.25, 0.3) is 0 Å². The number of unbranched alkanes of at least 4 members (excludes halogenated alkanes) is 1. The van der Waals surface area contributed by atoms with Gasteiger partial charge in [0.05, 0.1) is 0 Å². The number of amides is 1. The maximum absolute atomic E-state index is 12.7. The molecular formula is C21H26Cl2N2O2. The molecule has 0 saturated heterocycles. The van der Waals surface area contributed by atoms with E-state index in [0.717, 1.165) is 30.4 Å². The Kier molecular flexibility index (Phi) is 8.92. The summed E-state index contributed by atoms with van der Waals surface area (Å²) in [4.78, 5) is 14.3. The highest BCUT2D eigenvalue weighted by atomic mass is 35.5. The van der Waals surface area contributed by atoms with E-state index in [1.54, 1.807) is 4.90 Å². The van der Waals surface area contributed by atoms with Crippen LogP contribution in [0.4, 0.5) is 4.79 Å². The SMILES string of the molecule is CCCCC(N)COC(=O)N(Cc1ccc(Cl)cc1)Cc1ccc(Cl)cc1. The predicted molar refractivity (Wildman–Crippen MR) is 111 cm³/mol. The number of carbonyl (C=O) groups excluding carboxylic acids is 1. The minimum atomic E-state index is -0.383. The van der Waals surface area contributed by atoms with Crippen molar-refractivity contribution >= 4 is 29.3 Å². The van der Waals surface area contributed by atoms with Crippen molar-refractivity contribution in [3.63, 3.8) is 0 Å². The van der Waals surface area contributed by atoms with Gasteiger partial charge in [-0.2, -0.15) is 0 Å². The molecule has 2 aromatic rings. The molecule has 4 nitrogen and oxygen atoms in total. The molecule has 0 aromatic heterocycles. The van der Waals surface area contributed by atoms with Gasteiger partial charge in [-0.1, -0.05) is 67.2 Å². The van der Waals surface area contributed by atoms with Gasteiger partial charge in [-0.3, -0.25) is 4.90 Å². The molecule has 0 heterocycles. The third-order valence-corrected chi connectivity index (χ3v) is 4.68. The summed E-state index contributed by atoms with van der Waals surface area (Å²) in [5.41, 5.74) is 7.97. The molecular weight excluding hydrogens is 383 g/mol. The van der Waals surface area contributed by atoms with E-state index in [2.05, 4.69) is 6.92 Å². The van der Waals surface area contributed by atoms with E-state index in [9.17, 15) is 4.79 Å².